The number of rotatable bonds is 10. The average molecular weight is 483 g/mol. The van der Waals surface area contributed by atoms with Gasteiger partial charge >= 0.3 is 0 Å². The van der Waals surface area contributed by atoms with E-state index in [2.05, 4.69) is 30.6 Å². The van der Waals surface area contributed by atoms with Crippen molar-refractivity contribution in [2.75, 3.05) is 13.1 Å². The van der Waals surface area contributed by atoms with Crippen molar-refractivity contribution in [3.05, 3.63) is 82.7 Å². The molecule has 0 aliphatic carbocycles. The Balaban J connectivity index is 1.65. The molecule has 1 aliphatic heterocycles. The summed E-state index contributed by atoms with van der Waals surface area (Å²) in [6, 6.07) is 13.6. The normalized spacial score (nSPS) is 15.1. The SMILES string of the molecule is CCCC(O)CN(Cc1nn(-c2ccc(F)cc2)c2c1CN(Cc1ccccc1F)CC2)C(C)C. The Hall–Kier alpha value is -2.61. The standard InChI is InChI=1S/C28H36F2N4O/c1-4-7-24(35)17-33(20(2)3)19-27-25-18-32(16-21-8-5-6-9-26(21)30)15-14-28(25)34(31-27)23-12-10-22(29)11-13-23/h5-6,8-13,20,24,35H,4,7,14-19H2,1-3H3. The van der Waals surface area contributed by atoms with Crippen molar-refractivity contribution in [1.82, 2.24) is 19.6 Å². The molecule has 3 aromatic rings. The Morgan fingerprint density at radius 3 is 2.51 bits per heavy atom. The largest absolute Gasteiger partial charge is 0.392 e. The number of fused-ring (bicyclic) bond motifs is 1. The first-order valence-electron chi connectivity index (χ1n) is 12.6. The minimum atomic E-state index is -0.380. The van der Waals surface area contributed by atoms with Gasteiger partial charge < -0.3 is 5.11 Å². The molecular formula is C28H36F2N4O. The minimum absolute atomic E-state index is 0.184. The summed E-state index contributed by atoms with van der Waals surface area (Å²) >= 11 is 0. The molecule has 0 saturated heterocycles. The maximum atomic E-state index is 14.3. The van der Waals surface area contributed by atoms with Crippen LogP contribution < -0.4 is 0 Å². The van der Waals surface area contributed by atoms with Crippen molar-refractivity contribution in [3.63, 3.8) is 0 Å². The molecule has 0 saturated carbocycles. The lowest BCUT2D eigenvalue weighted by Crippen LogP contribution is -2.38. The number of aliphatic hydroxyl groups excluding tert-OH is 1. The molecule has 0 amide bonds. The summed E-state index contributed by atoms with van der Waals surface area (Å²) in [4.78, 5) is 4.51. The molecule has 0 fully saturated rings. The summed E-state index contributed by atoms with van der Waals surface area (Å²) in [6.45, 7) is 9.54. The molecule has 4 rings (SSSR count). The third kappa shape index (κ3) is 6.15. The maximum Gasteiger partial charge on any atom is 0.127 e. The fourth-order valence-electron chi connectivity index (χ4n) is 4.81. The third-order valence-corrected chi connectivity index (χ3v) is 6.79. The van der Waals surface area contributed by atoms with Crippen LogP contribution in [-0.2, 0) is 26.1 Å². The van der Waals surface area contributed by atoms with Crippen LogP contribution in [0, 0.1) is 11.6 Å². The quantitative estimate of drug-likeness (QED) is 0.438. The van der Waals surface area contributed by atoms with Crippen molar-refractivity contribution < 1.29 is 13.9 Å². The summed E-state index contributed by atoms with van der Waals surface area (Å²) in [5, 5.41) is 15.5. The highest BCUT2D eigenvalue weighted by Crippen LogP contribution is 2.28. The van der Waals surface area contributed by atoms with E-state index in [-0.39, 0.29) is 23.8 Å². The Bertz CT molecular complexity index is 1110. The highest BCUT2D eigenvalue weighted by Gasteiger charge is 2.28. The lowest BCUT2D eigenvalue weighted by molar-refractivity contribution is 0.0831. The predicted octanol–water partition coefficient (Wildman–Crippen LogP) is 5.08. The van der Waals surface area contributed by atoms with Crippen LogP contribution in [0.2, 0.25) is 0 Å². The number of aliphatic hydroxyl groups is 1. The highest BCUT2D eigenvalue weighted by molar-refractivity contribution is 5.39. The zero-order chi connectivity index (χ0) is 24.9. The second-order valence-corrected chi connectivity index (χ2v) is 9.78. The Kier molecular flexibility index (Phi) is 8.31. The van der Waals surface area contributed by atoms with Crippen molar-refractivity contribution in [2.45, 2.75) is 71.8 Å². The minimum Gasteiger partial charge on any atom is -0.392 e. The lowest BCUT2D eigenvalue weighted by atomic mass is 10.0. The Morgan fingerprint density at radius 2 is 1.83 bits per heavy atom. The molecule has 7 heteroatoms. The molecule has 0 radical (unpaired) electrons. The van der Waals surface area contributed by atoms with Gasteiger partial charge in [0.2, 0.25) is 0 Å². The van der Waals surface area contributed by atoms with E-state index in [4.69, 9.17) is 5.10 Å². The molecule has 2 heterocycles. The molecule has 1 atom stereocenters. The monoisotopic (exact) mass is 482 g/mol. The lowest BCUT2D eigenvalue weighted by Gasteiger charge is -2.30. The summed E-state index contributed by atoms with van der Waals surface area (Å²) in [5.74, 6) is -0.460. The maximum absolute atomic E-state index is 14.3. The molecule has 1 N–H and O–H groups in total. The number of hydrogen-bond donors (Lipinski definition) is 1. The number of benzene rings is 2. The van der Waals surface area contributed by atoms with Gasteiger partial charge in [-0.15, -0.1) is 0 Å². The van der Waals surface area contributed by atoms with Gasteiger partial charge in [-0.05, 0) is 50.6 Å². The predicted molar refractivity (Wildman–Crippen MR) is 134 cm³/mol. The van der Waals surface area contributed by atoms with E-state index in [1.165, 1.54) is 18.2 Å². The molecule has 35 heavy (non-hydrogen) atoms. The average Bonchev–Trinajstić information content (AvgIpc) is 3.18. The first-order valence-corrected chi connectivity index (χ1v) is 12.6. The van der Waals surface area contributed by atoms with Crippen LogP contribution in [0.15, 0.2) is 48.5 Å². The van der Waals surface area contributed by atoms with Gasteiger partial charge in [0.1, 0.15) is 11.6 Å². The van der Waals surface area contributed by atoms with Gasteiger partial charge in [0.25, 0.3) is 0 Å². The van der Waals surface area contributed by atoms with Gasteiger partial charge in [-0.1, -0.05) is 31.5 Å². The molecule has 2 aromatic carbocycles. The van der Waals surface area contributed by atoms with Gasteiger partial charge in [0.05, 0.1) is 23.2 Å². The van der Waals surface area contributed by atoms with Gasteiger partial charge in [-0.2, -0.15) is 5.10 Å². The fourth-order valence-corrected chi connectivity index (χ4v) is 4.81. The molecule has 188 valence electrons. The number of nitrogens with zero attached hydrogens (tertiary/aromatic N) is 4. The Labute approximate surface area is 207 Å². The van der Waals surface area contributed by atoms with Crippen LogP contribution in [0.1, 0.15) is 56.1 Å². The molecule has 1 unspecified atom stereocenters. The second-order valence-electron chi connectivity index (χ2n) is 9.78. The summed E-state index contributed by atoms with van der Waals surface area (Å²) in [7, 11) is 0. The van der Waals surface area contributed by atoms with Crippen LogP contribution >= 0.6 is 0 Å². The van der Waals surface area contributed by atoms with Crippen molar-refractivity contribution in [2.24, 2.45) is 0 Å². The first kappa shape index (κ1) is 25.5. The van der Waals surface area contributed by atoms with Gasteiger partial charge in [0, 0.05) is 56.3 Å². The van der Waals surface area contributed by atoms with Crippen molar-refractivity contribution >= 4 is 0 Å². The molecule has 1 aliphatic rings. The first-order chi connectivity index (χ1) is 16.9. The smallest absolute Gasteiger partial charge is 0.127 e. The fraction of sp³-hybridized carbons (Fsp3) is 0.464. The van der Waals surface area contributed by atoms with Crippen molar-refractivity contribution in [1.29, 1.82) is 0 Å². The van der Waals surface area contributed by atoms with Crippen LogP contribution in [0.5, 0.6) is 0 Å². The number of halogens is 2. The van der Waals surface area contributed by atoms with E-state index in [1.54, 1.807) is 18.2 Å². The zero-order valence-electron chi connectivity index (χ0n) is 20.9. The van der Waals surface area contributed by atoms with Crippen LogP contribution in [0.25, 0.3) is 5.69 Å². The Morgan fingerprint density at radius 1 is 1.09 bits per heavy atom. The summed E-state index contributed by atoms with van der Waals surface area (Å²) in [5.41, 5.74) is 4.75. The third-order valence-electron chi connectivity index (χ3n) is 6.79. The van der Waals surface area contributed by atoms with Crippen LogP contribution in [0.3, 0.4) is 0 Å². The highest BCUT2D eigenvalue weighted by atomic mass is 19.1. The van der Waals surface area contributed by atoms with Gasteiger partial charge in [0.15, 0.2) is 0 Å². The van der Waals surface area contributed by atoms with Gasteiger partial charge in [-0.25, -0.2) is 13.5 Å². The molecule has 1 aromatic heterocycles. The van der Waals surface area contributed by atoms with E-state index in [1.807, 2.05) is 16.8 Å². The van der Waals surface area contributed by atoms with Crippen LogP contribution in [-0.4, -0.2) is 49.9 Å². The molecular weight excluding hydrogens is 446 g/mol. The zero-order valence-corrected chi connectivity index (χ0v) is 20.9. The topological polar surface area (TPSA) is 44.5 Å². The van der Waals surface area contributed by atoms with E-state index in [9.17, 15) is 13.9 Å². The van der Waals surface area contributed by atoms with E-state index >= 15 is 0 Å². The van der Waals surface area contributed by atoms with Gasteiger partial charge in [-0.3, -0.25) is 9.80 Å². The van der Waals surface area contributed by atoms with Crippen molar-refractivity contribution in [3.8, 4) is 5.69 Å². The number of hydrogen-bond acceptors (Lipinski definition) is 4. The van der Waals surface area contributed by atoms with E-state index < -0.39 is 0 Å². The molecule has 5 nitrogen and oxygen atoms in total. The summed E-state index contributed by atoms with van der Waals surface area (Å²) in [6.07, 6.45) is 2.10. The molecule has 0 spiro atoms. The number of aromatic nitrogens is 2. The van der Waals surface area contributed by atoms with E-state index in [0.717, 1.165) is 48.4 Å². The second kappa shape index (κ2) is 11.4. The summed E-state index contributed by atoms with van der Waals surface area (Å²) < 4.78 is 29.8. The molecule has 0 bridgehead atoms. The van der Waals surface area contributed by atoms with E-state index in [0.29, 0.717) is 31.7 Å². The van der Waals surface area contributed by atoms with Crippen LogP contribution in [0.4, 0.5) is 8.78 Å².